The fourth-order valence-electron chi connectivity index (χ4n) is 2.11. The summed E-state index contributed by atoms with van der Waals surface area (Å²) < 4.78 is 1.85. The summed E-state index contributed by atoms with van der Waals surface area (Å²) >= 11 is 7.25. The summed E-state index contributed by atoms with van der Waals surface area (Å²) in [6, 6.07) is 9.40. The second-order valence-electron chi connectivity index (χ2n) is 5.30. The maximum atomic E-state index is 12.3. The van der Waals surface area contributed by atoms with E-state index in [1.807, 2.05) is 36.7 Å². The Morgan fingerprint density at radius 2 is 2.08 bits per heavy atom. The Morgan fingerprint density at radius 3 is 2.71 bits per heavy atom. The minimum Gasteiger partial charge on any atom is -0.344 e. The van der Waals surface area contributed by atoms with Gasteiger partial charge in [0.1, 0.15) is 0 Å². The number of carbonyl (C=O) groups is 1. The monoisotopic (exact) mass is 363 g/mol. The Labute approximate surface area is 150 Å². The lowest BCUT2D eigenvalue weighted by Gasteiger charge is -2.19. The van der Waals surface area contributed by atoms with E-state index in [1.54, 1.807) is 24.1 Å². The fourth-order valence-corrected chi connectivity index (χ4v) is 3.17. The van der Waals surface area contributed by atoms with Crippen molar-refractivity contribution in [3.8, 4) is 17.5 Å². The summed E-state index contributed by atoms with van der Waals surface area (Å²) in [5, 5.41) is 18.0. The standard InChI is InChI=1S/C16H18ClN5OS/c1-11(15(23)21(2)10-4-9-18)24-16-20-19-14(22(16)3)12-5-7-13(17)8-6-12/h5-8,11H,4,10H2,1-3H3/t11-/m1/s1. The van der Waals surface area contributed by atoms with Crippen LogP contribution >= 0.6 is 23.4 Å². The van der Waals surface area contributed by atoms with Gasteiger partial charge in [0, 0.05) is 31.2 Å². The second kappa shape index (κ2) is 8.18. The lowest BCUT2D eigenvalue weighted by atomic mass is 10.2. The minimum absolute atomic E-state index is 0.0358. The molecule has 0 radical (unpaired) electrons. The van der Waals surface area contributed by atoms with E-state index in [2.05, 4.69) is 10.2 Å². The van der Waals surface area contributed by atoms with E-state index < -0.39 is 0 Å². The van der Waals surface area contributed by atoms with Crippen molar-refractivity contribution >= 4 is 29.3 Å². The van der Waals surface area contributed by atoms with E-state index in [1.165, 1.54) is 11.8 Å². The third-order valence-electron chi connectivity index (χ3n) is 3.50. The predicted molar refractivity (Wildman–Crippen MR) is 94.6 cm³/mol. The molecule has 1 amide bonds. The summed E-state index contributed by atoms with van der Waals surface area (Å²) in [5.41, 5.74) is 0.909. The molecule has 24 heavy (non-hydrogen) atoms. The molecule has 0 unspecified atom stereocenters. The maximum Gasteiger partial charge on any atom is 0.235 e. The van der Waals surface area contributed by atoms with Gasteiger partial charge in [-0.05, 0) is 31.2 Å². The van der Waals surface area contributed by atoms with Crippen LogP contribution in [0.15, 0.2) is 29.4 Å². The molecule has 0 aliphatic rings. The van der Waals surface area contributed by atoms with Crippen molar-refractivity contribution in [2.75, 3.05) is 13.6 Å². The fraction of sp³-hybridized carbons (Fsp3) is 0.375. The molecule has 1 aromatic heterocycles. The highest BCUT2D eigenvalue weighted by molar-refractivity contribution is 8.00. The molecule has 6 nitrogen and oxygen atoms in total. The third-order valence-corrected chi connectivity index (χ3v) is 4.88. The Hall–Kier alpha value is -2.04. The van der Waals surface area contributed by atoms with Crippen LogP contribution in [0.1, 0.15) is 13.3 Å². The number of thioether (sulfide) groups is 1. The van der Waals surface area contributed by atoms with Crippen molar-refractivity contribution in [2.24, 2.45) is 7.05 Å². The van der Waals surface area contributed by atoms with Gasteiger partial charge in [-0.3, -0.25) is 4.79 Å². The summed E-state index contributed by atoms with van der Waals surface area (Å²) in [6.45, 7) is 2.25. The molecule has 0 N–H and O–H groups in total. The summed E-state index contributed by atoms with van der Waals surface area (Å²) in [4.78, 5) is 13.9. The van der Waals surface area contributed by atoms with Gasteiger partial charge in [-0.1, -0.05) is 23.4 Å². The first-order valence-corrected chi connectivity index (χ1v) is 8.63. The van der Waals surface area contributed by atoms with E-state index >= 15 is 0 Å². The second-order valence-corrected chi connectivity index (χ2v) is 7.04. The molecule has 1 aromatic carbocycles. The molecule has 2 rings (SSSR count). The molecule has 8 heteroatoms. The number of nitriles is 1. The van der Waals surface area contributed by atoms with Crippen molar-refractivity contribution < 1.29 is 4.79 Å². The zero-order valence-electron chi connectivity index (χ0n) is 13.7. The van der Waals surface area contributed by atoms with Crippen LogP contribution in [0, 0.1) is 11.3 Å². The van der Waals surface area contributed by atoms with Gasteiger partial charge in [0.15, 0.2) is 11.0 Å². The zero-order valence-corrected chi connectivity index (χ0v) is 15.3. The van der Waals surface area contributed by atoms with Crippen LogP contribution in [0.2, 0.25) is 5.02 Å². The lowest BCUT2D eigenvalue weighted by molar-refractivity contribution is -0.128. The van der Waals surface area contributed by atoms with Gasteiger partial charge in [-0.25, -0.2) is 0 Å². The van der Waals surface area contributed by atoms with Crippen LogP contribution in [-0.2, 0) is 11.8 Å². The molecular weight excluding hydrogens is 346 g/mol. The molecule has 1 heterocycles. The predicted octanol–water partition coefficient (Wildman–Crippen LogP) is 2.99. The average Bonchev–Trinajstić information content (AvgIpc) is 2.93. The van der Waals surface area contributed by atoms with E-state index in [4.69, 9.17) is 16.9 Å². The molecule has 126 valence electrons. The molecule has 0 aliphatic heterocycles. The van der Waals surface area contributed by atoms with Crippen molar-refractivity contribution in [2.45, 2.75) is 23.8 Å². The first-order chi connectivity index (χ1) is 11.4. The van der Waals surface area contributed by atoms with Crippen molar-refractivity contribution in [3.05, 3.63) is 29.3 Å². The molecule has 1 atom stereocenters. The van der Waals surface area contributed by atoms with Crippen LogP contribution < -0.4 is 0 Å². The van der Waals surface area contributed by atoms with E-state index in [0.29, 0.717) is 29.0 Å². The number of carbonyl (C=O) groups excluding carboxylic acids is 1. The quantitative estimate of drug-likeness (QED) is 0.737. The highest BCUT2D eigenvalue weighted by Gasteiger charge is 2.21. The van der Waals surface area contributed by atoms with Gasteiger partial charge >= 0.3 is 0 Å². The van der Waals surface area contributed by atoms with Crippen LogP contribution in [0.4, 0.5) is 0 Å². The highest BCUT2D eigenvalue weighted by Crippen LogP contribution is 2.27. The van der Waals surface area contributed by atoms with E-state index in [0.717, 1.165) is 5.56 Å². The molecular formula is C16H18ClN5OS. The van der Waals surface area contributed by atoms with Crippen LogP contribution in [0.25, 0.3) is 11.4 Å². The van der Waals surface area contributed by atoms with E-state index in [9.17, 15) is 4.79 Å². The Morgan fingerprint density at radius 1 is 1.42 bits per heavy atom. The smallest absolute Gasteiger partial charge is 0.235 e. The number of benzene rings is 1. The molecule has 0 saturated heterocycles. The van der Waals surface area contributed by atoms with Crippen LogP contribution in [0.5, 0.6) is 0 Å². The number of aromatic nitrogens is 3. The summed E-state index contributed by atoms with van der Waals surface area (Å²) in [6.07, 6.45) is 0.324. The molecule has 0 aliphatic carbocycles. The summed E-state index contributed by atoms with van der Waals surface area (Å²) in [5.74, 6) is 0.679. The number of rotatable bonds is 6. The van der Waals surface area contributed by atoms with Crippen molar-refractivity contribution in [1.82, 2.24) is 19.7 Å². The number of amides is 1. The first kappa shape index (κ1) is 18.3. The van der Waals surface area contributed by atoms with Gasteiger partial charge < -0.3 is 9.47 Å². The normalized spacial score (nSPS) is 11.8. The van der Waals surface area contributed by atoms with Crippen molar-refractivity contribution in [1.29, 1.82) is 5.26 Å². The number of halogens is 1. The topological polar surface area (TPSA) is 74.8 Å². The maximum absolute atomic E-state index is 12.3. The minimum atomic E-state index is -0.310. The average molecular weight is 364 g/mol. The molecule has 0 saturated carbocycles. The van der Waals surface area contributed by atoms with Crippen molar-refractivity contribution in [3.63, 3.8) is 0 Å². The Balaban J connectivity index is 2.10. The van der Waals surface area contributed by atoms with Gasteiger partial charge in [0.05, 0.1) is 17.7 Å². The first-order valence-electron chi connectivity index (χ1n) is 7.38. The van der Waals surface area contributed by atoms with Gasteiger partial charge in [0.2, 0.25) is 5.91 Å². The van der Waals surface area contributed by atoms with Crippen LogP contribution in [0.3, 0.4) is 0 Å². The third kappa shape index (κ3) is 4.28. The lowest BCUT2D eigenvalue weighted by Crippen LogP contribution is -2.34. The number of hydrogen-bond donors (Lipinski definition) is 0. The molecule has 0 fully saturated rings. The Kier molecular flexibility index (Phi) is 6.23. The highest BCUT2D eigenvalue weighted by atomic mass is 35.5. The van der Waals surface area contributed by atoms with E-state index in [-0.39, 0.29) is 11.2 Å². The van der Waals surface area contributed by atoms with Gasteiger partial charge in [-0.15, -0.1) is 10.2 Å². The van der Waals surface area contributed by atoms with Gasteiger partial charge in [0.25, 0.3) is 0 Å². The summed E-state index contributed by atoms with van der Waals surface area (Å²) in [7, 11) is 3.56. The number of nitrogens with zero attached hydrogens (tertiary/aromatic N) is 5. The zero-order chi connectivity index (χ0) is 17.7. The SMILES string of the molecule is C[C@@H](Sc1nnc(-c2ccc(Cl)cc2)n1C)C(=O)N(C)CCC#N. The molecule has 2 aromatic rings. The Bertz CT molecular complexity index is 753. The van der Waals surface area contributed by atoms with Crippen LogP contribution in [-0.4, -0.2) is 44.4 Å². The molecule has 0 spiro atoms. The largest absolute Gasteiger partial charge is 0.344 e. The van der Waals surface area contributed by atoms with Gasteiger partial charge in [-0.2, -0.15) is 5.26 Å². The number of hydrogen-bond acceptors (Lipinski definition) is 5. The molecule has 0 bridgehead atoms.